The summed E-state index contributed by atoms with van der Waals surface area (Å²) in [6, 6.07) is 6.40. The maximum Gasteiger partial charge on any atom is 0.387 e. The van der Waals surface area contributed by atoms with E-state index in [1.54, 1.807) is 28.5 Å². The minimum atomic E-state index is -2.93. The Balaban J connectivity index is 1.41. The van der Waals surface area contributed by atoms with Crippen LogP contribution in [0.25, 0.3) is 11.3 Å². The van der Waals surface area contributed by atoms with E-state index in [0.29, 0.717) is 29.5 Å². The molecule has 2 aromatic rings. The third kappa shape index (κ3) is 4.72. The number of carbonyl (C=O) groups is 2. The van der Waals surface area contributed by atoms with Crippen molar-refractivity contribution >= 4 is 28.3 Å². The van der Waals surface area contributed by atoms with Gasteiger partial charge in [0.25, 0.3) is 0 Å². The number of thiazole rings is 1. The smallest absolute Gasteiger partial charge is 0.387 e. The number of aromatic nitrogens is 1. The van der Waals surface area contributed by atoms with Gasteiger partial charge in [-0.25, -0.2) is 4.98 Å². The van der Waals surface area contributed by atoms with Crippen LogP contribution < -0.4 is 10.1 Å². The summed E-state index contributed by atoms with van der Waals surface area (Å²) in [7, 11) is 0. The molecule has 4 rings (SSSR count). The van der Waals surface area contributed by atoms with Crippen LogP contribution in [0, 0.1) is 11.8 Å². The average molecular weight is 421 g/mol. The number of hydrogen-bond donors (Lipinski definition) is 1. The number of benzene rings is 1. The number of halogens is 2. The van der Waals surface area contributed by atoms with E-state index < -0.39 is 6.61 Å². The van der Waals surface area contributed by atoms with Gasteiger partial charge in [0.05, 0.1) is 11.6 Å². The molecular weight excluding hydrogens is 400 g/mol. The molecule has 1 aromatic carbocycles. The van der Waals surface area contributed by atoms with Crippen molar-refractivity contribution in [2.45, 2.75) is 32.3 Å². The third-order valence-corrected chi connectivity index (χ3v) is 5.90. The zero-order valence-corrected chi connectivity index (χ0v) is 16.5. The molecule has 0 bridgehead atoms. The fraction of sp³-hybridized carbons (Fsp3) is 0.450. The van der Waals surface area contributed by atoms with Crippen molar-refractivity contribution in [1.29, 1.82) is 0 Å². The van der Waals surface area contributed by atoms with E-state index in [1.165, 1.54) is 17.4 Å². The van der Waals surface area contributed by atoms with Crippen molar-refractivity contribution < 1.29 is 23.1 Å². The molecule has 1 unspecified atom stereocenters. The summed E-state index contributed by atoms with van der Waals surface area (Å²) in [5, 5.41) is 4.89. The van der Waals surface area contributed by atoms with Gasteiger partial charge >= 0.3 is 6.61 Å². The summed E-state index contributed by atoms with van der Waals surface area (Å²) in [6.07, 6.45) is 3.43. The molecule has 2 aliphatic rings. The van der Waals surface area contributed by atoms with E-state index >= 15 is 0 Å². The molecule has 6 nitrogen and oxygen atoms in total. The molecule has 1 atom stereocenters. The van der Waals surface area contributed by atoms with E-state index in [4.69, 9.17) is 0 Å². The number of amides is 2. The Kier molecular flexibility index (Phi) is 5.75. The predicted octanol–water partition coefficient (Wildman–Crippen LogP) is 4.00. The number of hydrogen-bond acceptors (Lipinski definition) is 5. The van der Waals surface area contributed by atoms with Gasteiger partial charge in [0.15, 0.2) is 5.13 Å². The van der Waals surface area contributed by atoms with E-state index in [1.807, 2.05) is 0 Å². The lowest BCUT2D eigenvalue weighted by molar-refractivity contribution is -0.135. The molecule has 1 N–H and O–H groups in total. The summed E-state index contributed by atoms with van der Waals surface area (Å²) in [5.74, 6) is -0.0970. The minimum absolute atomic E-state index is 0.0344. The van der Waals surface area contributed by atoms with Crippen LogP contribution in [0.1, 0.15) is 25.7 Å². The summed E-state index contributed by atoms with van der Waals surface area (Å²) >= 11 is 1.22. The van der Waals surface area contributed by atoms with Crippen molar-refractivity contribution in [3.63, 3.8) is 0 Å². The maximum atomic E-state index is 12.7. The fourth-order valence-corrected chi connectivity index (χ4v) is 4.23. The standard InChI is InChI=1S/C20H21F2N3O3S/c21-19(22)28-16-6-2-1-5-14(16)15-11-29-20(23-15)24-17(26)13-4-3-9-25(10-13)18(27)12-7-8-12/h1-2,5-6,11-13,19H,3-4,7-10H2,(H,23,24,26). The number of alkyl halides is 2. The van der Waals surface area contributed by atoms with Crippen LogP contribution in [0.3, 0.4) is 0 Å². The summed E-state index contributed by atoms with van der Waals surface area (Å²) in [5.41, 5.74) is 0.888. The van der Waals surface area contributed by atoms with E-state index in [0.717, 1.165) is 25.7 Å². The molecule has 1 saturated carbocycles. The second-order valence-corrected chi connectivity index (χ2v) is 8.16. The first-order chi connectivity index (χ1) is 14.0. The average Bonchev–Trinajstić information content (AvgIpc) is 3.47. The number of nitrogens with zero attached hydrogens (tertiary/aromatic N) is 2. The Morgan fingerprint density at radius 3 is 2.76 bits per heavy atom. The molecule has 2 amide bonds. The molecule has 0 radical (unpaired) electrons. The van der Waals surface area contributed by atoms with Gasteiger partial charge < -0.3 is 15.0 Å². The van der Waals surface area contributed by atoms with Gasteiger partial charge in [-0.2, -0.15) is 8.78 Å². The predicted molar refractivity (Wildman–Crippen MR) is 105 cm³/mol. The van der Waals surface area contributed by atoms with Crippen LogP contribution >= 0.6 is 11.3 Å². The van der Waals surface area contributed by atoms with Crippen LogP contribution in [-0.4, -0.2) is 41.4 Å². The first-order valence-electron chi connectivity index (χ1n) is 9.60. The molecular formula is C20H21F2N3O3S. The van der Waals surface area contributed by atoms with Gasteiger partial charge in [0.2, 0.25) is 11.8 Å². The molecule has 2 fully saturated rings. The lowest BCUT2D eigenvalue weighted by Gasteiger charge is -2.32. The number of likely N-dealkylation sites (tertiary alicyclic amines) is 1. The van der Waals surface area contributed by atoms with E-state index in [2.05, 4.69) is 15.0 Å². The Hall–Kier alpha value is -2.55. The summed E-state index contributed by atoms with van der Waals surface area (Å²) < 4.78 is 29.8. The quantitative estimate of drug-likeness (QED) is 0.765. The molecule has 1 saturated heterocycles. The highest BCUT2D eigenvalue weighted by Crippen LogP contribution is 2.34. The van der Waals surface area contributed by atoms with Crippen LogP contribution in [0.4, 0.5) is 13.9 Å². The van der Waals surface area contributed by atoms with Crippen LogP contribution in [-0.2, 0) is 9.59 Å². The Labute approximate surface area is 170 Å². The second kappa shape index (κ2) is 8.44. The molecule has 1 aliphatic carbocycles. The van der Waals surface area contributed by atoms with Crippen molar-refractivity contribution in [3.05, 3.63) is 29.6 Å². The molecule has 1 aliphatic heterocycles. The van der Waals surface area contributed by atoms with Gasteiger partial charge in [0.1, 0.15) is 5.75 Å². The Morgan fingerprint density at radius 1 is 1.21 bits per heavy atom. The zero-order valence-electron chi connectivity index (χ0n) is 15.6. The molecule has 9 heteroatoms. The van der Waals surface area contributed by atoms with E-state index in [-0.39, 0.29) is 29.4 Å². The SMILES string of the molecule is O=C(Nc1nc(-c2ccccc2OC(F)F)cs1)C1CCCN(C(=O)C2CC2)C1. The second-order valence-electron chi connectivity index (χ2n) is 7.30. The normalized spacial score (nSPS) is 19.3. The third-order valence-electron chi connectivity index (χ3n) is 5.14. The number of nitrogens with one attached hydrogen (secondary N) is 1. The number of para-hydroxylation sites is 1. The van der Waals surface area contributed by atoms with Gasteiger partial charge in [-0.05, 0) is 37.8 Å². The Morgan fingerprint density at radius 2 is 2.00 bits per heavy atom. The number of rotatable bonds is 6. The lowest BCUT2D eigenvalue weighted by Crippen LogP contribution is -2.44. The lowest BCUT2D eigenvalue weighted by atomic mass is 9.97. The van der Waals surface area contributed by atoms with Crippen LogP contribution in [0.5, 0.6) is 5.75 Å². The summed E-state index contributed by atoms with van der Waals surface area (Å²) in [6.45, 7) is -1.78. The van der Waals surface area contributed by atoms with Crippen molar-refractivity contribution in [1.82, 2.24) is 9.88 Å². The molecule has 0 spiro atoms. The highest BCUT2D eigenvalue weighted by atomic mass is 32.1. The molecule has 1 aromatic heterocycles. The van der Waals surface area contributed by atoms with Gasteiger partial charge in [0, 0.05) is 30.0 Å². The number of piperidine rings is 1. The largest absolute Gasteiger partial charge is 0.434 e. The summed E-state index contributed by atoms with van der Waals surface area (Å²) in [4.78, 5) is 31.1. The molecule has 154 valence electrons. The maximum absolute atomic E-state index is 12.7. The monoisotopic (exact) mass is 421 g/mol. The zero-order chi connectivity index (χ0) is 20.4. The van der Waals surface area contributed by atoms with Gasteiger partial charge in [-0.15, -0.1) is 11.3 Å². The van der Waals surface area contributed by atoms with Crippen molar-refractivity contribution in [2.24, 2.45) is 11.8 Å². The van der Waals surface area contributed by atoms with E-state index in [9.17, 15) is 18.4 Å². The highest BCUT2D eigenvalue weighted by molar-refractivity contribution is 7.14. The first kappa shape index (κ1) is 19.8. The van der Waals surface area contributed by atoms with Crippen molar-refractivity contribution in [2.75, 3.05) is 18.4 Å². The first-order valence-corrected chi connectivity index (χ1v) is 10.5. The van der Waals surface area contributed by atoms with Gasteiger partial charge in [-0.1, -0.05) is 12.1 Å². The highest BCUT2D eigenvalue weighted by Gasteiger charge is 2.36. The fourth-order valence-electron chi connectivity index (χ4n) is 3.52. The van der Waals surface area contributed by atoms with Crippen LogP contribution in [0.15, 0.2) is 29.6 Å². The van der Waals surface area contributed by atoms with Crippen molar-refractivity contribution in [3.8, 4) is 17.0 Å². The molecule has 29 heavy (non-hydrogen) atoms. The number of carbonyl (C=O) groups excluding carboxylic acids is 2. The van der Waals surface area contributed by atoms with Gasteiger partial charge in [-0.3, -0.25) is 9.59 Å². The van der Waals surface area contributed by atoms with Crippen LogP contribution in [0.2, 0.25) is 0 Å². The number of anilines is 1. The molecule has 2 heterocycles. The number of ether oxygens (including phenoxy) is 1. The topological polar surface area (TPSA) is 71.5 Å². The minimum Gasteiger partial charge on any atom is -0.434 e. The Bertz CT molecular complexity index is 901.